The lowest BCUT2D eigenvalue weighted by Gasteiger charge is -2.19. The van der Waals surface area contributed by atoms with Crippen LogP contribution in [0.4, 0.5) is 10.1 Å². The van der Waals surface area contributed by atoms with E-state index in [2.05, 4.69) is 16.0 Å². The molecule has 0 saturated heterocycles. The zero-order valence-corrected chi connectivity index (χ0v) is 20.3. The molecule has 4 aromatic rings. The van der Waals surface area contributed by atoms with Crippen LogP contribution in [0.3, 0.4) is 0 Å². The second-order valence-electron chi connectivity index (χ2n) is 8.07. The molecule has 0 bridgehead atoms. The van der Waals surface area contributed by atoms with Gasteiger partial charge in [-0.15, -0.1) is 0 Å². The van der Waals surface area contributed by atoms with Gasteiger partial charge < -0.3 is 31.9 Å². The zero-order valence-electron chi connectivity index (χ0n) is 19.5. The fraction of sp³-hybridized carbons (Fsp3) is 0.185. The highest BCUT2D eigenvalue weighted by Crippen LogP contribution is 2.39. The Hall–Kier alpha value is -3.84. The van der Waals surface area contributed by atoms with E-state index in [4.69, 9.17) is 14.2 Å². The summed E-state index contributed by atoms with van der Waals surface area (Å²) in [5.41, 5.74) is 4.26. The maximum absolute atomic E-state index is 13.3. The van der Waals surface area contributed by atoms with E-state index in [0.717, 1.165) is 35.0 Å². The molecule has 6 nitrogen and oxygen atoms in total. The van der Waals surface area contributed by atoms with E-state index in [1.807, 2.05) is 30.5 Å². The number of aromatic nitrogens is 1. The second-order valence-corrected chi connectivity index (χ2v) is 8.07. The molecule has 0 saturated carbocycles. The van der Waals surface area contributed by atoms with Crippen molar-refractivity contribution in [2.45, 2.75) is 13.0 Å². The molecule has 0 fully saturated rings. The summed E-state index contributed by atoms with van der Waals surface area (Å²) in [5.74, 6) is 1.21. The summed E-state index contributed by atoms with van der Waals surface area (Å²) in [5, 5.41) is 4.76. The number of carbonyl (C=O) groups excluding carboxylic acids is 1. The second kappa shape index (κ2) is 9.80. The van der Waals surface area contributed by atoms with Crippen molar-refractivity contribution < 1.29 is 40.4 Å². The molecule has 1 amide bonds. The molecule has 8 heteroatoms. The van der Waals surface area contributed by atoms with Gasteiger partial charge in [-0.1, -0.05) is 6.07 Å². The standard InChI is InChI=1S/C27H23FN2O4.ClH/c1-32-23-9-6-17-12-22-20-14-25(34-3)24(33-2)13-18(20)10-11-30(22)15-21(17)26(23)29-27(31)16-4-7-19(28)8-5-16;/h4-9,12-15H,10-11H2,1-3H3;1H. The van der Waals surface area contributed by atoms with Gasteiger partial charge >= 0.3 is 0 Å². The number of hydrogen-bond acceptors (Lipinski definition) is 4. The minimum Gasteiger partial charge on any atom is -1.00 e. The molecule has 0 aliphatic carbocycles. The first-order valence-corrected chi connectivity index (χ1v) is 10.9. The number of anilines is 1. The summed E-state index contributed by atoms with van der Waals surface area (Å²) in [4.78, 5) is 12.9. The van der Waals surface area contributed by atoms with Crippen molar-refractivity contribution in [1.82, 2.24) is 0 Å². The van der Waals surface area contributed by atoms with Gasteiger partial charge in [0.25, 0.3) is 5.91 Å². The molecule has 3 aromatic carbocycles. The molecular formula is C27H24ClFN2O4. The van der Waals surface area contributed by atoms with E-state index in [1.165, 1.54) is 29.8 Å². The van der Waals surface area contributed by atoms with E-state index in [-0.39, 0.29) is 18.3 Å². The molecule has 1 aliphatic heterocycles. The van der Waals surface area contributed by atoms with Gasteiger partial charge in [0.1, 0.15) is 11.6 Å². The predicted octanol–water partition coefficient (Wildman–Crippen LogP) is 1.77. The van der Waals surface area contributed by atoms with Crippen LogP contribution in [0.25, 0.3) is 22.0 Å². The summed E-state index contributed by atoms with van der Waals surface area (Å²) in [7, 11) is 4.83. The van der Waals surface area contributed by atoms with Crippen molar-refractivity contribution in [2.75, 3.05) is 26.6 Å². The average Bonchev–Trinajstić information content (AvgIpc) is 2.87. The Kier molecular flexibility index (Phi) is 6.80. The first kappa shape index (κ1) is 24.3. The van der Waals surface area contributed by atoms with Crippen LogP contribution in [0.15, 0.2) is 60.8 Å². The van der Waals surface area contributed by atoms with Gasteiger partial charge in [-0.25, -0.2) is 4.39 Å². The number of benzene rings is 3. The number of hydrogen-bond donors (Lipinski definition) is 1. The summed E-state index contributed by atoms with van der Waals surface area (Å²) in [6, 6.07) is 15.4. The number of halogens is 2. The number of nitrogens with one attached hydrogen (secondary N) is 1. The summed E-state index contributed by atoms with van der Waals surface area (Å²) < 4.78 is 32.0. The Bertz CT molecular complexity index is 1420. The third-order valence-corrected chi connectivity index (χ3v) is 6.20. The number of amides is 1. The van der Waals surface area contributed by atoms with Gasteiger partial charge in [-0.05, 0) is 53.4 Å². The van der Waals surface area contributed by atoms with Gasteiger partial charge in [0.2, 0.25) is 5.69 Å². The lowest BCUT2D eigenvalue weighted by Crippen LogP contribution is -3.00. The first-order valence-electron chi connectivity index (χ1n) is 10.9. The minimum absolute atomic E-state index is 0. The highest BCUT2D eigenvalue weighted by Gasteiger charge is 2.27. The van der Waals surface area contributed by atoms with Crippen LogP contribution in [-0.2, 0) is 13.0 Å². The maximum atomic E-state index is 13.3. The molecule has 1 aromatic heterocycles. The Morgan fingerprint density at radius 2 is 1.60 bits per heavy atom. The van der Waals surface area contributed by atoms with Crippen molar-refractivity contribution in [1.29, 1.82) is 0 Å². The Morgan fingerprint density at radius 3 is 2.29 bits per heavy atom. The van der Waals surface area contributed by atoms with Gasteiger partial charge in [0.15, 0.2) is 24.2 Å². The Morgan fingerprint density at radius 1 is 0.914 bits per heavy atom. The fourth-order valence-corrected chi connectivity index (χ4v) is 4.45. The molecule has 0 unspecified atom stereocenters. The highest BCUT2D eigenvalue weighted by molar-refractivity contribution is 6.10. The van der Waals surface area contributed by atoms with Crippen LogP contribution in [0.1, 0.15) is 15.9 Å². The number of pyridine rings is 1. The molecule has 0 spiro atoms. The van der Waals surface area contributed by atoms with E-state index in [9.17, 15) is 9.18 Å². The lowest BCUT2D eigenvalue weighted by atomic mass is 9.95. The molecule has 0 atom stereocenters. The normalized spacial score (nSPS) is 11.7. The molecule has 1 N–H and O–H groups in total. The number of ether oxygens (including phenoxy) is 3. The molecule has 35 heavy (non-hydrogen) atoms. The van der Waals surface area contributed by atoms with Crippen LogP contribution in [-0.4, -0.2) is 27.2 Å². The van der Waals surface area contributed by atoms with Gasteiger partial charge in [-0.3, -0.25) is 4.79 Å². The topological polar surface area (TPSA) is 60.7 Å². The van der Waals surface area contributed by atoms with Gasteiger partial charge in [-0.2, -0.15) is 4.57 Å². The maximum Gasteiger partial charge on any atom is 0.255 e. The van der Waals surface area contributed by atoms with Crippen LogP contribution in [0, 0.1) is 5.82 Å². The van der Waals surface area contributed by atoms with E-state index < -0.39 is 5.82 Å². The quantitative estimate of drug-likeness (QED) is 0.430. The van der Waals surface area contributed by atoms with E-state index in [1.54, 1.807) is 21.3 Å². The van der Waals surface area contributed by atoms with Crippen molar-refractivity contribution in [3.8, 4) is 28.5 Å². The number of aryl methyl sites for hydroxylation is 2. The Labute approximate surface area is 208 Å². The van der Waals surface area contributed by atoms with Crippen molar-refractivity contribution in [3.63, 3.8) is 0 Å². The van der Waals surface area contributed by atoms with Crippen molar-refractivity contribution in [3.05, 3.63) is 77.7 Å². The zero-order chi connectivity index (χ0) is 23.8. The van der Waals surface area contributed by atoms with E-state index >= 15 is 0 Å². The largest absolute Gasteiger partial charge is 1.00 e. The number of carbonyl (C=O) groups is 1. The monoisotopic (exact) mass is 494 g/mol. The molecule has 180 valence electrons. The summed E-state index contributed by atoms with van der Waals surface area (Å²) in [6.45, 7) is 0.774. The van der Waals surface area contributed by atoms with E-state index in [0.29, 0.717) is 28.5 Å². The third kappa shape index (κ3) is 4.35. The van der Waals surface area contributed by atoms with Crippen LogP contribution < -0.4 is 36.5 Å². The fourth-order valence-electron chi connectivity index (χ4n) is 4.45. The average molecular weight is 495 g/mol. The SMILES string of the molecule is COc1cc2c(cc1OC)-c1cc3ccc(OC)c(NC(=O)c4ccc(F)cc4)c3c[n+]1CC2.[Cl-]. The molecule has 5 rings (SSSR count). The highest BCUT2D eigenvalue weighted by atomic mass is 35.5. The minimum atomic E-state index is -0.392. The summed E-state index contributed by atoms with van der Waals surface area (Å²) in [6.07, 6.45) is 2.87. The smallest absolute Gasteiger partial charge is 0.255 e. The number of methoxy groups -OCH3 is 3. The number of rotatable bonds is 5. The number of fused-ring (bicyclic) bond motifs is 4. The van der Waals surface area contributed by atoms with Gasteiger partial charge in [0, 0.05) is 18.1 Å². The first-order chi connectivity index (χ1) is 16.5. The van der Waals surface area contributed by atoms with Crippen LogP contribution in [0.2, 0.25) is 0 Å². The third-order valence-electron chi connectivity index (χ3n) is 6.20. The molecular weight excluding hydrogens is 471 g/mol. The molecule has 1 aliphatic rings. The Balaban J connectivity index is 0.00000289. The van der Waals surface area contributed by atoms with Gasteiger partial charge in [0.05, 0.1) is 38.0 Å². The van der Waals surface area contributed by atoms with Crippen molar-refractivity contribution >= 4 is 22.4 Å². The number of nitrogens with zero attached hydrogens (tertiary/aromatic N) is 1. The van der Waals surface area contributed by atoms with Crippen molar-refractivity contribution in [2.24, 2.45) is 0 Å². The summed E-state index contributed by atoms with van der Waals surface area (Å²) >= 11 is 0. The van der Waals surface area contributed by atoms with Crippen LogP contribution >= 0.6 is 0 Å². The lowest BCUT2D eigenvalue weighted by molar-refractivity contribution is -0.686. The van der Waals surface area contributed by atoms with Crippen LogP contribution in [0.5, 0.6) is 17.2 Å². The molecule has 2 heterocycles. The molecule has 0 radical (unpaired) electrons. The predicted molar refractivity (Wildman–Crippen MR) is 127 cm³/mol.